The van der Waals surface area contributed by atoms with Crippen LogP contribution in [0.1, 0.15) is 25.3 Å². The van der Waals surface area contributed by atoms with Gasteiger partial charge in [0.2, 0.25) is 0 Å². The van der Waals surface area contributed by atoms with Crippen LogP contribution in [0, 0.1) is 5.41 Å². The molecule has 0 unspecified atom stereocenters. The van der Waals surface area contributed by atoms with E-state index in [0.717, 1.165) is 17.1 Å². The summed E-state index contributed by atoms with van der Waals surface area (Å²) in [4.78, 5) is 0. The maximum Gasteiger partial charge on any atom is 0.115 e. The average Bonchev–Trinajstić information content (AvgIpc) is 2.31. The maximum absolute atomic E-state index is 9.25. The van der Waals surface area contributed by atoms with E-state index in [1.54, 1.807) is 12.1 Å². The van der Waals surface area contributed by atoms with Gasteiger partial charge in [0.25, 0.3) is 0 Å². The fourth-order valence-electron chi connectivity index (χ4n) is 1.93. The van der Waals surface area contributed by atoms with Crippen LogP contribution in [0.4, 0.5) is 0 Å². The van der Waals surface area contributed by atoms with Crippen molar-refractivity contribution in [1.82, 2.24) is 0 Å². The largest absolute Gasteiger partial charge is 0.508 e. The topological polar surface area (TPSA) is 20.2 Å². The second kappa shape index (κ2) is 6.65. The molecule has 16 heavy (non-hydrogen) atoms. The van der Waals surface area contributed by atoms with Gasteiger partial charge in [-0.1, -0.05) is 57.3 Å². The molecule has 1 N–H and O–H groups in total. The standard InChI is InChI=1S/C13H18Br2O/c1-2-7-13(9-14,10-15)8-11-3-5-12(16)6-4-11/h3-6,16H,2,7-10H2,1H3. The summed E-state index contributed by atoms with van der Waals surface area (Å²) in [5, 5.41) is 11.3. The Morgan fingerprint density at radius 3 is 2.12 bits per heavy atom. The van der Waals surface area contributed by atoms with E-state index >= 15 is 0 Å². The average molecular weight is 350 g/mol. The van der Waals surface area contributed by atoms with Gasteiger partial charge in [0.1, 0.15) is 5.75 Å². The zero-order valence-electron chi connectivity index (χ0n) is 9.55. The van der Waals surface area contributed by atoms with Gasteiger partial charge in [0.15, 0.2) is 0 Å². The monoisotopic (exact) mass is 348 g/mol. The van der Waals surface area contributed by atoms with E-state index in [0.29, 0.717) is 5.75 Å². The van der Waals surface area contributed by atoms with Crippen LogP contribution in [0.5, 0.6) is 5.75 Å². The molecule has 0 bridgehead atoms. The van der Waals surface area contributed by atoms with Crippen molar-refractivity contribution in [2.45, 2.75) is 26.2 Å². The Morgan fingerprint density at radius 2 is 1.69 bits per heavy atom. The van der Waals surface area contributed by atoms with Gasteiger partial charge in [-0.2, -0.15) is 0 Å². The van der Waals surface area contributed by atoms with Gasteiger partial charge in [-0.3, -0.25) is 0 Å². The van der Waals surface area contributed by atoms with Gasteiger partial charge < -0.3 is 5.11 Å². The molecule has 0 amide bonds. The van der Waals surface area contributed by atoms with Gasteiger partial charge in [0.05, 0.1) is 0 Å². The molecular formula is C13H18Br2O. The molecule has 0 radical (unpaired) electrons. The van der Waals surface area contributed by atoms with Crippen LogP contribution in [0.2, 0.25) is 0 Å². The summed E-state index contributed by atoms with van der Waals surface area (Å²) in [5.41, 5.74) is 1.57. The third-order valence-electron chi connectivity index (χ3n) is 2.86. The summed E-state index contributed by atoms with van der Waals surface area (Å²) in [5.74, 6) is 0.336. The van der Waals surface area contributed by atoms with Gasteiger partial charge in [-0.15, -0.1) is 0 Å². The van der Waals surface area contributed by atoms with Crippen molar-refractivity contribution >= 4 is 31.9 Å². The highest BCUT2D eigenvalue weighted by Crippen LogP contribution is 2.33. The van der Waals surface area contributed by atoms with Crippen molar-refractivity contribution < 1.29 is 5.11 Å². The molecular weight excluding hydrogens is 332 g/mol. The molecule has 0 saturated carbocycles. The molecule has 0 atom stereocenters. The molecule has 0 aliphatic carbocycles. The van der Waals surface area contributed by atoms with E-state index in [9.17, 15) is 5.11 Å². The number of phenolic OH excluding ortho intramolecular Hbond substituents is 1. The lowest BCUT2D eigenvalue weighted by Crippen LogP contribution is -2.27. The minimum absolute atomic E-state index is 0.283. The Bertz CT molecular complexity index is 304. The van der Waals surface area contributed by atoms with Crippen molar-refractivity contribution in [3.8, 4) is 5.75 Å². The lowest BCUT2D eigenvalue weighted by molar-refractivity contribution is 0.351. The molecule has 1 rings (SSSR count). The molecule has 1 nitrogen and oxygen atoms in total. The smallest absolute Gasteiger partial charge is 0.115 e. The molecule has 0 aliphatic heterocycles. The van der Waals surface area contributed by atoms with Crippen molar-refractivity contribution in [2.75, 3.05) is 10.7 Å². The first-order valence-corrected chi connectivity index (χ1v) is 7.80. The zero-order chi connectivity index (χ0) is 12.0. The highest BCUT2D eigenvalue weighted by atomic mass is 79.9. The summed E-state index contributed by atoms with van der Waals surface area (Å²) in [6.45, 7) is 2.22. The fraction of sp³-hybridized carbons (Fsp3) is 0.538. The van der Waals surface area contributed by atoms with Gasteiger partial charge in [-0.05, 0) is 36.0 Å². The normalized spacial score (nSPS) is 11.7. The number of rotatable bonds is 6. The Labute approximate surface area is 115 Å². The van der Waals surface area contributed by atoms with E-state index in [2.05, 4.69) is 38.8 Å². The zero-order valence-corrected chi connectivity index (χ0v) is 12.7. The van der Waals surface area contributed by atoms with Crippen LogP contribution in [0.3, 0.4) is 0 Å². The summed E-state index contributed by atoms with van der Waals surface area (Å²) < 4.78 is 0. The summed E-state index contributed by atoms with van der Waals surface area (Å²) in [6.07, 6.45) is 3.43. The molecule has 0 saturated heterocycles. The first-order valence-electron chi connectivity index (χ1n) is 5.55. The van der Waals surface area contributed by atoms with Crippen LogP contribution >= 0.6 is 31.9 Å². The molecule has 0 fully saturated rings. The second-order valence-corrected chi connectivity index (χ2v) is 5.48. The summed E-state index contributed by atoms with van der Waals surface area (Å²) in [6, 6.07) is 7.53. The van der Waals surface area contributed by atoms with Crippen LogP contribution in [0.15, 0.2) is 24.3 Å². The highest BCUT2D eigenvalue weighted by molar-refractivity contribution is 9.09. The molecule has 1 aromatic rings. The number of benzene rings is 1. The first-order chi connectivity index (χ1) is 7.65. The Hall–Kier alpha value is -0.0200. The van der Waals surface area contributed by atoms with E-state index in [-0.39, 0.29) is 5.41 Å². The Morgan fingerprint density at radius 1 is 1.12 bits per heavy atom. The van der Waals surface area contributed by atoms with E-state index in [1.165, 1.54) is 18.4 Å². The number of phenols is 1. The van der Waals surface area contributed by atoms with Crippen LogP contribution in [0.25, 0.3) is 0 Å². The molecule has 3 heteroatoms. The Balaban J connectivity index is 2.78. The summed E-state index contributed by atoms with van der Waals surface area (Å²) >= 11 is 7.25. The molecule has 0 aliphatic rings. The van der Waals surface area contributed by atoms with Crippen LogP contribution < -0.4 is 0 Å². The van der Waals surface area contributed by atoms with Crippen molar-refractivity contribution in [2.24, 2.45) is 5.41 Å². The van der Waals surface area contributed by atoms with Gasteiger partial charge in [-0.25, -0.2) is 0 Å². The van der Waals surface area contributed by atoms with E-state index < -0.39 is 0 Å². The molecule has 90 valence electrons. The molecule has 1 aromatic carbocycles. The third-order valence-corrected chi connectivity index (χ3v) is 5.24. The minimum atomic E-state index is 0.283. The summed E-state index contributed by atoms with van der Waals surface area (Å²) in [7, 11) is 0. The molecule has 0 aromatic heterocycles. The number of aromatic hydroxyl groups is 1. The number of hydrogen-bond acceptors (Lipinski definition) is 1. The Kier molecular flexibility index (Phi) is 5.84. The highest BCUT2D eigenvalue weighted by Gasteiger charge is 2.27. The quantitative estimate of drug-likeness (QED) is 0.749. The van der Waals surface area contributed by atoms with Gasteiger partial charge >= 0.3 is 0 Å². The van der Waals surface area contributed by atoms with Crippen LogP contribution in [-0.2, 0) is 6.42 Å². The van der Waals surface area contributed by atoms with Gasteiger partial charge in [0, 0.05) is 10.7 Å². The first kappa shape index (κ1) is 14.0. The molecule has 0 spiro atoms. The fourth-order valence-corrected chi connectivity index (χ4v) is 3.82. The second-order valence-electron chi connectivity index (χ2n) is 4.36. The van der Waals surface area contributed by atoms with Crippen molar-refractivity contribution in [3.63, 3.8) is 0 Å². The lowest BCUT2D eigenvalue weighted by atomic mass is 9.82. The number of halogens is 2. The minimum Gasteiger partial charge on any atom is -0.508 e. The lowest BCUT2D eigenvalue weighted by Gasteiger charge is -2.29. The van der Waals surface area contributed by atoms with E-state index in [1.807, 2.05) is 12.1 Å². The van der Waals surface area contributed by atoms with Crippen molar-refractivity contribution in [3.05, 3.63) is 29.8 Å². The third kappa shape index (κ3) is 3.77. The number of alkyl halides is 2. The maximum atomic E-state index is 9.25. The van der Waals surface area contributed by atoms with E-state index in [4.69, 9.17) is 0 Å². The predicted molar refractivity (Wildman–Crippen MR) is 76.7 cm³/mol. The number of hydrogen-bond donors (Lipinski definition) is 1. The molecule has 0 heterocycles. The van der Waals surface area contributed by atoms with Crippen molar-refractivity contribution in [1.29, 1.82) is 0 Å². The predicted octanol–water partition coefficient (Wildman–Crippen LogP) is 4.51. The van der Waals surface area contributed by atoms with Crippen LogP contribution in [-0.4, -0.2) is 15.8 Å². The SMILES string of the molecule is CCCC(CBr)(CBr)Cc1ccc(O)cc1.